The van der Waals surface area contributed by atoms with Gasteiger partial charge < -0.3 is 19.9 Å². The van der Waals surface area contributed by atoms with Crippen molar-refractivity contribution in [2.45, 2.75) is 43.7 Å². The number of rotatable bonds is 2. The molecule has 0 aromatic carbocycles. The van der Waals surface area contributed by atoms with E-state index in [1.54, 1.807) is 0 Å². The highest BCUT2D eigenvalue weighted by molar-refractivity contribution is 5.96. The lowest BCUT2D eigenvalue weighted by Crippen LogP contribution is -2.57. The Morgan fingerprint density at radius 3 is 2.92 bits per heavy atom. The number of nitrogens with zero attached hydrogens (tertiary/aromatic N) is 2. The van der Waals surface area contributed by atoms with Crippen molar-refractivity contribution in [2.75, 3.05) is 19.7 Å². The maximum absolute atomic E-state index is 12.9. The van der Waals surface area contributed by atoms with Crippen molar-refractivity contribution in [1.29, 1.82) is 0 Å². The Kier molecular flexibility index (Phi) is 3.84. The van der Waals surface area contributed by atoms with Crippen LogP contribution in [0, 0.1) is 0 Å². The largest absolute Gasteiger partial charge is 0.374 e. The van der Waals surface area contributed by atoms with Gasteiger partial charge in [0.15, 0.2) is 0 Å². The molecule has 2 N–H and O–H groups in total. The molecule has 8 nitrogen and oxygen atoms in total. The molecule has 0 radical (unpaired) electrons. The zero-order valence-corrected chi connectivity index (χ0v) is 13.3. The first-order valence-corrected chi connectivity index (χ1v) is 8.45. The van der Waals surface area contributed by atoms with E-state index < -0.39 is 6.04 Å². The van der Waals surface area contributed by atoms with Crippen LogP contribution in [0.4, 0.5) is 0 Å². The molecular formula is C16H20N4O4. The molecule has 2 unspecified atom stereocenters. The second-order valence-corrected chi connectivity index (χ2v) is 6.58. The molecule has 0 bridgehead atoms. The number of carbonyl (C=O) groups excluding carboxylic acids is 2. The molecule has 1 saturated carbocycles. The van der Waals surface area contributed by atoms with E-state index in [4.69, 9.17) is 4.74 Å². The molecule has 1 aliphatic carbocycles. The van der Waals surface area contributed by atoms with Crippen LogP contribution in [0.3, 0.4) is 0 Å². The van der Waals surface area contributed by atoms with E-state index in [1.807, 2.05) is 0 Å². The summed E-state index contributed by atoms with van der Waals surface area (Å²) in [7, 11) is 0. The smallest absolute Gasteiger partial charge is 0.273 e. The minimum absolute atomic E-state index is 0.110. The summed E-state index contributed by atoms with van der Waals surface area (Å²) in [6.07, 6.45) is 3.17. The van der Waals surface area contributed by atoms with Gasteiger partial charge in [-0.15, -0.1) is 0 Å². The standard InChI is InChI=1S/C16H20N4O4/c21-12-8-10(18-14(19-12)9-3-4-9)16(23)20-6-1-2-11-13(20)15(22)17-5-7-24-11/h8-9,11,13H,1-7H2,(H,17,22)(H,18,19,21). The Balaban J connectivity index is 1.65. The Hall–Kier alpha value is -2.22. The van der Waals surface area contributed by atoms with Gasteiger partial charge in [-0.2, -0.15) is 0 Å². The van der Waals surface area contributed by atoms with E-state index in [9.17, 15) is 14.4 Å². The van der Waals surface area contributed by atoms with Crippen LogP contribution in [0.2, 0.25) is 0 Å². The zero-order chi connectivity index (χ0) is 16.7. The highest BCUT2D eigenvalue weighted by Crippen LogP contribution is 2.37. The zero-order valence-electron chi connectivity index (χ0n) is 13.3. The molecular weight excluding hydrogens is 312 g/mol. The van der Waals surface area contributed by atoms with Gasteiger partial charge in [-0.05, 0) is 25.7 Å². The Labute approximate surface area is 138 Å². The molecule has 24 heavy (non-hydrogen) atoms. The van der Waals surface area contributed by atoms with Crippen molar-refractivity contribution in [1.82, 2.24) is 20.2 Å². The fraction of sp³-hybridized carbons (Fsp3) is 0.625. The normalized spacial score (nSPS) is 27.2. The number of amides is 2. The second kappa shape index (κ2) is 6.01. The lowest BCUT2D eigenvalue weighted by Gasteiger charge is -2.38. The lowest BCUT2D eigenvalue weighted by molar-refractivity contribution is -0.130. The van der Waals surface area contributed by atoms with Crippen LogP contribution in [0.15, 0.2) is 10.9 Å². The van der Waals surface area contributed by atoms with Crippen molar-refractivity contribution in [3.05, 3.63) is 27.9 Å². The monoisotopic (exact) mass is 332 g/mol. The molecule has 3 aliphatic rings. The fourth-order valence-corrected chi connectivity index (χ4v) is 3.45. The number of carbonyl (C=O) groups is 2. The molecule has 8 heteroatoms. The highest BCUT2D eigenvalue weighted by Gasteiger charge is 2.42. The minimum atomic E-state index is -0.654. The number of hydrogen-bond donors (Lipinski definition) is 2. The topological polar surface area (TPSA) is 104 Å². The van der Waals surface area contributed by atoms with Gasteiger partial charge in [0.05, 0.1) is 12.7 Å². The number of hydrogen-bond acceptors (Lipinski definition) is 5. The fourth-order valence-electron chi connectivity index (χ4n) is 3.45. The van der Waals surface area contributed by atoms with E-state index in [2.05, 4.69) is 15.3 Å². The number of H-pyrrole nitrogens is 1. The predicted octanol–water partition coefficient (Wildman–Crippen LogP) is -0.233. The van der Waals surface area contributed by atoms with Gasteiger partial charge in [0, 0.05) is 25.1 Å². The van der Waals surface area contributed by atoms with E-state index >= 15 is 0 Å². The van der Waals surface area contributed by atoms with Gasteiger partial charge in [-0.3, -0.25) is 14.4 Å². The maximum Gasteiger partial charge on any atom is 0.273 e. The first-order valence-electron chi connectivity index (χ1n) is 8.45. The number of ether oxygens (including phenoxy) is 1. The highest BCUT2D eigenvalue weighted by atomic mass is 16.5. The first-order chi connectivity index (χ1) is 11.6. The quantitative estimate of drug-likeness (QED) is 0.778. The minimum Gasteiger partial charge on any atom is -0.374 e. The summed E-state index contributed by atoms with van der Waals surface area (Å²) in [5, 5.41) is 2.78. The molecule has 1 aromatic rings. The van der Waals surface area contributed by atoms with E-state index in [1.165, 1.54) is 11.0 Å². The molecule has 1 aromatic heterocycles. The summed E-state index contributed by atoms with van der Waals surface area (Å²) in [6.45, 7) is 1.36. The lowest BCUT2D eigenvalue weighted by atomic mass is 9.97. The van der Waals surface area contributed by atoms with Crippen molar-refractivity contribution >= 4 is 11.8 Å². The summed E-state index contributed by atoms with van der Waals surface area (Å²) >= 11 is 0. The predicted molar refractivity (Wildman–Crippen MR) is 83.6 cm³/mol. The van der Waals surface area contributed by atoms with Crippen molar-refractivity contribution < 1.29 is 14.3 Å². The molecule has 3 heterocycles. The number of nitrogens with one attached hydrogen (secondary N) is 2. The third kappa shape index (κ3) is 2.82. The number of aromatic amines is 1. The van der Waals surface area contributed by atoms with Crippen molar-refractivity contribution in [3.63, 3.8) is 0 Å². The van der Waals surface area contributed by atoms with Gasteiger partial charge in [0.1, 0.15) is 17.6 Å². The summed E-state index contributed by atoms with van der Waals surface area (Å²) < 4.78 is 5.72. The van der Waals surface area contributed by atoms with Gasteiger partial charge in [0.2, 0.25) is 5.91 Å². The second-order valence-electron chi connectivity index (χ2n) is 6.58. The maximum atomic E-state index is 12.9. The number of piperidine rings is 1. The average molecular weight is 332 g/mol. The van der Waals surface area contributed by atoms with E-state index in [0.717, 1.165) is 25.7 Å². The van der Waals surface area contributed by atoms with Crippen LogP contribution in [0.25, 0.3) is 0 Å². The van der Waals surface area contributed by atoms with Gasteiger partial charge >= 0.3 is 0 Å². The molecule has 2 amide bonds. The third-order valence-electron chi connectivity index (χ3n) is 4.78. The third-order valence-corrected chi connectivity index (χ3v) is 4.78. The van der Waals surface area contributed by atoms with Crippen LogP contribution in [0.5, 0.6) is 0 Å². The number of fused-ring (bicyclic) bond motifs is 1. The van der Waals surface area contributed by atoms with Crippen LogP contribution < -0.4 is 10.9 Å². The van der Waals surface area contributed by atoms with E-state index in [0.29, 0.717) is 25.5 Å². The van der Waals surface area contributed by atoms with Gasteiger partial charge in [-0.1, -0.05) is 0 Å². The van der Waals surface area contributed by atoms with Gasteiger partial charge in [-0.25, -0.2) is 4.98 Å². The van der Waals surface area contributed by atoms with Crippen molar-refractivity contribution in [3.8, 4) is 0 Å². The average Bonchev–Trinajstić information content (AvgIpc) is 3.42. The van der Waals surface area contributed by atoms with Crippen LogP contribution in [-0.4, -0.2) is 58.5 Å². The summed E-state index contributed by atoms with van der Waals surface area (Å²) in [6, 6.07) is 0.562. The Bertz CT molecular complexity index is 727. The number of aromatic nitrogens is 2. The first kappa shape index (κ1) is 15.3. The SMILES string of the molecule is O=C1NCCOC2CCCN(C(=O)c3cc(=O)[nH]c(C4CC4)n3)C12. The molecule has 2 saturated heterocycles. The van der Waals surface area contributed by atoms with E-state index in [-0.39, 0.29) is 35.1 Å². The van der Waals surface area contributed by atoms with Crippen LogP contribution in [-0.2, 0) is 9.53 Å². The molecule has 2 atom stereocenters. The molecule has 128 valence electrons. The van der Waals surface area contributed by atoms with Crippen molar-refractivity contribution in [2.24, 2.45) is 0 Å². The van der Waals surface area contributed by atoms with Crippen LogP contribution in [0.1, 0.15) is 47.9 Å². The Morgan fingerprint density at radius 1 is 1.29 bits per heavy atom. The summed E-state index contributed by atoms with van der Waals surface area (Å²) in [4.78, 5) is 45.7. The Morgan fingerprint density at radius 2 is 2.12 bits per heavy atom. The summed E-state index contributed by atoms with van der Waals surface area (Å²) in [5.41, 5.74) is -0.219. The molecule has 4 rings (SSSR count). The van der Waals surface area contributed by atoms with Gasteiger partial charge in [0.25, 0.3) is 11.5 Å². The number of likely N-dealkylation sites (tertiary alicyclic amines) is 1. The molecule has 3 fully saturated rings. The summed E-state index contributed by atoms with van der Waals surface area (Å²) in [5.74, 6) is 0.237. The molecule has 0 spiro atoms. The molecule has 2 aliphatic heterocycles. The van der Waals surface area contributed by atoms with Crippen LogP contribution >= 0.6 is 0 Å².